The van der Waals surface area contributed by atoms with Gasteiger partial charge in [-0.05, 0) is 18.9 Å². The van der Waals surface area contributed by atoms with Crippen LogP contribution >= 0.6 is 0 Å². The van der Waals surface area contributed by atoms with E-state index >= 15 is 0 Å². The maximum absolute atomic E-state index is 11.3. The van der Waals surface area contributed by atoms with Crippen molar-refractivity contribution >= 4 is 11.9 Å². The van der Waals surface area contributed by atoms with Gasteiger partial charge in [0.15, 0.2) is 0 Å². The summed E-state index contributed by atoms with van der Waals surface area (Å²) in [5.41, 5.74) is 0. The average Bonchev–Trinajstić information content (AvgIpc) is 2.74. The molecule has 0 saturated carbocycles. The van der Waals surface area contributed by atoms with E-state index in [9.17, 15) is 9.59 Å². The minimum Gasteiger partial charge on any atom is -0.396 e. The Balaban J connectivity index is 2.15. The number of hydrogen-bond acceptors (Lipinski definition) is 4. The summed E-state index contributed by atoms with van der Waals surface area (Å²) >= 11 is 0. The highest BCUT2D eigenvalue weighted by Crippen LogP contribution is 2.14. The van der Waals surface area contributed by atoms with Crippen molar-refractivity contribution in [3.63, 3.8) is 0 Å². The van der Waals surface area contributed by atoms with E-state index in [2.05, 4.69) is 15.5 Å². The Bertz CT molecular complexity index is 258. The largest absolute Gasteiger partial charge is 0.396 e. The third-order valence-corrected chi connectivity index (χ3v) is 2.76. The Morgan fingerprint density at radius 3 is 2.81 bits per heavy atom. The second-order valence-corrected chi connectivity index (χ2v) is 4.02. The molecule has 1 rings (SSSR count). The van der Waals surface area contributed by atoms with Crippen LogP contribution in [0.15, 0.2) is 0 Å². The summed E-state index contributed by atoms with van der Waals surface area (Å²) in [7, 11) is 1.47. The van der Waals surface area contributed by atoms with Crippen molar-refractivity contribution in [1.82, 2.24) is 15.5 Å². The number of aliphatic hydroxyl groups excluding tert-OH is 1. The Kier molecular flexibility index (Phi) is 5.21. The third kappa shape index (κ3) is 4.16. The van der Waals surface area contributed by atoms with Crippen LogP contribution < -0.4 is 10.6 Å². The fourth-order valence-electron chi connectivity index (χ4n) is 1.78. The minimum absolute atomic E-state index is 0.209. The highest BCUT2D eigenvalue weighted by molar-refractivity contribution is 5.94. The molecule has 3 N–H and O–H groups in total. The van der Waals surface area contributed by atoms with Crippen LogP contribution in [0.5, 0.6) is 0 Å². The quantitative estimate of drug-likeness (QED) is 0.586. The lowest BCUT2D eigenvalue weighted by atomic mass is 10.1. The van der Waals surface area contributed by atoms with Gasteiger partial charge in [0.05, 0.1) is 0 Å². The smallest absolute Gasteiger partial charge is 0.321 e. The number of nitrogens with one attached hydrogen (secondary N) is 2. The van der Waals surface area contributed by atoms with Crippen LogP contribution in [0.1, 0.15) is 12.8 Å². The highest BCUT2D eigenvalue weighted by atomic mass is 16.3. The molecule has 0 aromatic carbocycles. The highest BCUT2D eigenvalue weighted by Gasteiger charge is 2.21. The molecule has 3 amide bonds. The first-order valence-electron chi connectivity index (χ1n) is 5.50. The molecule has 0 spiro atoms. The number of carbonyl (C=O) groups is 2. The average molecular weight is 229 g/mol. The second-order valence-electron chi connectivity index (χ2n) is 4.02. The molecular weight excluding hydrogens is 210 g/mol. The van der Waals surface area contributed by atoms with Crippen molar-refractivity contribution in [2.75, 3.05) is 33.3 Å². The number of nitrogens with zero attached hydrogens (tertiary/aromatic N) is 1. The molecule has 0 radical (unpaired) electrons. The molecule has 1 heterocycles. The summed E-state index contributed by atoms with van der Waals surface area (Å²) in [5.74, 6) is 0.0637. The van der Waals surface area contributed by atoms with Crippen LogP contribution in [0.25, 0.3) is 0 Å². The first-order chi connectivity index (χ1) is 7.65. The monoisotopic (exact) mass is 229 g/mol. The van der Waals surface area contributed by atoms with Gasteiger partial charge in [0.25, 0.3) is 0 Å². The second kappa shape index (κ2) is 6.44. The SMILES string of the molecule is CNC(=O)NC(=O)CCN1CCC(CO)C1. The van der Waals surface area contributed by atoms with Crippen molar-refractivity contribution in [2.24, 2.45) is 5.92 Å². The lowest BCUT2D eigenvalue weighted by Crippen LogP contribution is -2.38. The van der Waals surface area contributed by atoms with Gasteiger partial charge in [0, 0.05) is 33.2 Å². The van der Waals surface area contributed by atoms with Crippen LogP contribution in [0.3, 0.4) is 0 Å². The molecule has 0 aliphatic carbocycles. The normalized spacial score (nSPS) is 20.8. The Morgan fingerprint density at radius 2 is 2.25 bits per heavy atom. The van der Waals surface area contributed by atoms with Crippen molar-refractivity contribution in [2.45, 2.75) is 12.8 Å². The van der Waals surface area contributed by atoms with Gasteiger partial charge in [0.2, 0.25) is 5.91 Å². The van der Waals surface area contributed by atoms with E-state index < -0.39 is 6.03 Å². The van der Waals surface area contributed by atoms with Gasteiger partial charge in [-0.25, -0.2) is 4.79 Å². The summed E-state index contributed by atoms with van der Waals surface area (Å²) in [6, 6.07) is -0.473. The van der Waals surface area contributed by atoms with E-state index in [1.807, 2.05) is 0 Å². The minimum atomic E-state index is -0.473. The van der Waals surface area contributed by atoms with Crippen molar-refractivity contribution < 1.29 is 14.7 Å². The van der Waals surface area contributed by atoms with Crippen molar-refractivity contribution in [3.05, 3.63) is 0 Å². The molecule has 0 aromatic heterocycles. The number of rotatable bonds is 4. The van der Waals surface area contributed by atoms with Gasteiger partial charge in [0.1, 0.15) is 0 Å². The Labute approximate surface area is 95.0 Å². The number of hydrogen-bond donors (Lipinski definition) is 3. The van der Waals surface area contributed by atoms with Gasteiger partial charge >= 0.3 is 6.03 Å². The standard InChI is InChI=1S/C10H19N3O3/c1-11-10(16)12-9(15)3-5-13-4-2-8(6-13)7-14/h8,14H,2-7H2,1H3,(H2,11,12,15,16). The number of likely N-dealkylation sites (tertiary alicyclic amines) is 1. The zero-order chi connectivity index (χ0) is 12.0. The predicted octanol–water partition coefficient (Wildman–Crippen LogP) is -0.854. The molecule has 6 heteroatoms. The zero-order valence-electron chi connectivity index (χ0n) is 9.53. The fourth-order valence-corrected chi connectivity index (χ4v) is 1.78. The van der Waals surface area contributed by atoms with E-state index in [0.29, 0.717) is 18.9 Å². The van der Waals surface area contributed by atoms with E-state index in [1.165, 1.54) is 7.05 Å². The molecule has 1 aliphatic heterocycles. The molecule has 1 aliphatic rings. The number of carbonyl (C=O) groups excluding carboxylic acids is 2. The van der Waals surface area contributed by atoms with Gasteiger partial charge in [-0.15, -0.1) is 0 Å². The molecule has 1 saturated heterocycles. The fraction of sp³-hybridized carbons (Fsp3) is 0.800. The van der Waals surface area contributed by atoms with Crippen LogP contribution in [0, 0.1) is 5.92 Å². The van der Waals surface area contributed by atoms with Crippen molar-refractivity contribution in [1.29, 1.82) is 0 Å². The molecule has 0 aromatic rings. The Morgan fingerprint density at radius 1 is 1.50 bits per heavy atom. The molecule has 1 fully saturated rings. The number of amides is 3. The van der Waals surface area contributed by atoms with Crippen LogP contribution in [0.2, 0.25) is 0 Å². The summed E-state index contributed by atoms with van der Waals surface area (Å²) in [6.45, 7) is 2.60. The predicted molar refractivity (Wildman–Crippen MR) is 58.8 cm³/mol. The van der Waals surface area contributed by atoms with Crippen LogP contribution in [-0.2, 0) is 4.79 Å². The number of aliphatic hydroxyl groups is 1. The van der Waals surface area contributed by atoms with Gasteiger partial charge in [-0.3, -0.25) is 10.1 Å². The molecule has 6 nitrogen and oxygen atoms in total. The van der Waals surface area contributed by atoms with Crippen LogP contribution in [0.4, 0.5) is 4.79 Å². The molecule has 1 atom stereocenters. The summed E-state index contributed by atoms with van der Waals surface area (Å²) < 4.78 is 0. The topological polar surface area (TPSA) is 81.7 Å². The molecular formula is C10H19N3O3. The lowest BCUT2D eigenvalue weighted by molar-refractivity contribution is -0.120. The maximum Gasteiger partial charge on any atom is 0.321 e. The van der Waals surface area contributed by atoms with Gasteiger partial charge in [-0.2, -0.15) is 0 Å². The molecule has 1 unspecified atom stereocenters. The number of imide groups is 1. The lowest BCUT2D eigenvalue weighted by Gasteiger charge is -2.14. The Hall–Kier alpha value is -1.14. The van der Waals surface area contributed by atoms with Crippen LogP contribution in [-0.4, -0.2) is 55.2 Å². The van der Waals surface area contributed by atoms with E-state index in [4.69, 9.17) is 5.11 Å². The number of urea groups is 1. The van der Waals surface area contributed by atoms with Crippen molar-refractivity contribution in [3.8, 4) is 0 Å². The van der Waals surface area contributed by atoms with Gasteiger partial charge < -0.3 is 15.3 Å². The summed E-state index contributed by atoms with van der Waals surface area (Å²) in [5, 5.41) is 13.5. The zero-order valence-corrected chi connectivity index (χ0v) is 9.53. The molecule has 0 bridgehead atoms. The first-order valence-corrected chi connectivity index (χ1v) is 5.50. The summed E-state index contributed by atoms with van der Waals surface area (Å²) in [6.07, 6.45) is 1.29. The summed E-state index contributed by atoms with van der Waals surface area (Å²) in [4.78, 5) is 24.2. The van der Waals surface area contributed by atoms with E-state index in [1.54, 1.807) is 0 Å². The van der Waals surface area contributed by atoms with E-state index in [0.717, 1.165) is 19.5 Å². The van der Waals surface area contributed by atoms with Gasteiger partial charge in [-0.1, -0.05) is 0 Å². The van der Waals surface area contributed by atoms with E-state index in [-0.39, 0.29) is 12.5 Å². The molecule has 16 heavy (non-hydrogen) atoms. The maximum atomic E-state index is 11.3. The molecule has 92 valence electrons. The first kappa shape index (κ1) is 12.9. The third-order valence-electron chi connectivity index (χ3n) is 2.76.